The van der Waals surface area contributed by atoms with Gasteiger partial charge >= 0.3 is 0 Å². The van der Waals surface area contributed by atoms with Gasteiger partial charge in [-0.05, 0) is 19.1 Å². The summed E-state index contributed by atoms with van der Waals surface area (Å²) in [5.74, 6) is -0.749. The van der Waals surface area contributed by atoms with E-state index >= 15 is 0 Å². The molecule has 0 amide bonds. The van der Waals surface area contributed by atoms with E-state index in [-0.39, 0.29) is 11.3 Å². The van der Waals surface area contributed by atoms with Crippen LogP contribution < -0.4 is 0 Å². The Balaban J connectivity index is 2.46. The van der Waals surface area contributed by atoms with Crippen LogP contribution in [0, 0.1) is 12.7 Å². The van der Waals surface area contributed by atoms with Gasteiger partial charge < -0.3 is 0 Å². The van der Waals surface area contributed by atoms with Crippen LogP contribution in [0.15, 0.2) is 48.5 Å². The molecule has 2 rings (SSSR count). The minimum absolute atomic E-state index is 0.131. The van der Waals surface area contributed by atoms with Crippen LogP contribution >= 0.6 is 0 Å². The Morgan fingerprint density at radius 2 is 1.75 bits per heavy atom. The Labute approximate surface area is 93.5 Å². The molecule has 2 heteroatoms. The predicted molar refractivity (Wildman–Crippen MR) is 61.0 cm³/mol. The quantitative estimate of drug-likeness (QED) is 0.700. The molecule has 1 nitrogen and oxygen atoms in total. The molecule has 2 aromatic rings. The van der Waals surface area contributed by atoms with Gasteiger partial charge in [0.1, 0.15) is 5.82 Å². The van der Waals surface area contributed by atoms with Crippen LogP contribution in [0.2, 0.25) is 0 Å². The lowest BCUT2D eigenvalue weighted by Crippen LogP contribution is -2.04. The zero-order valence-corrected chi connectivity index (χ0v) is 8.91. The Bertz CT molecular complexity index is 518. The molecule has 80 valence electrons. The summed E-state index contributed by atoms with van der Waals surface area (Å²) in [5.41, 5.74) is 1.51. The number of hydrogen-bond acceptors (Lipinski definition) is 1. The minimum Gasteiger partial charge on any atom is -0.288 e. The maximum absolute atomic E-state index is 13.5. The van der Waals surface area contributed by atoms with E-state index in [0.29, 0.717) is 5.56 Å². The Hall–Kier alpha value is -1.96. The number of rotatable bonds is 2. The molecule has 0 aromatic heterocycles. The summed E-state index contributed by atoms with van der Waals surface area (Å²) in [5, 5.41) is 0. The molecule has 2 aromatic carbocycles. The van der Waals surface area contributed by atoms with Crippen molar-refractivity contribution in [3.8, 4) is 0 Å². The fourth-order valence-electron chi connectivity index (χ4n) is 1.56. The summed E-state index contributed by atoms with van der Waals surface area (Å²) in [4.78, 5) is 12.0. The summed E-state index contributed by atoms with van der Waals surface area (Å²) in [6.45, 7) is 1.83. The van der Waals surface area contributed by atoms with Crippen molar-refractivity contribution in [2.45, 2.75) is 6.92 Å². The number of ketones is 1. The van der Waals surface area contributed by atoms with Crippen LogP contribution in [0.4, 0.5) is 4.39 Å². The molecule has 0 unspecified atom stereocenters. The van der Waals surface area contributed by atoms with Crippen LogP contribution in [-0.2, 0) is 0 Å². The van der Waals surface area contributed by atoms with Crippen molar-refractivity contribution >= 4 is 5.78 Å². The SMILES string of the molecule is Cc1ccc(F)c(C(=O)c2ccccc2)c1. The van der Waals surface area contributed by atoms with Gasteiger partial charge in [0, 0.05) is 5.56 Å². The van der Waals surface area contributed by atoms with Gasteiger partial charge in [0.2, 0.25) is 0 Å². The van der Waals surface area contributed by atoms with Crippen LogP contribution in [-0.4, -0.2) is 5.78 Å². The molecule has 16 heavy (non-hydrogen) atoms. The van der Waals surface area contributed by atoms with Crippen molar-refractivity contribution in [3.05, 3.63) is 71.0 Å². The summed E-state index contributed by atoms with van der Waals surface area (Å²) in [7, 11) is 0. The number of benzene rings is 2. The second kappa shape index (κ2) is 4.27. The maximum Gasteiger partial charge on any atom is 0.195 e. The first-order valence-electron chi connectivity index (χ1n) is 5.04. The van der Waals surface area contributed by atoms with Crippen LogP contribution in [0.3, 0.4) is 0 Å². The zero-order valence-electron chi connectivity index (χ0n) is 8.91. The number of aryl methyl sites for hydroxylation is 1. The van der Waals surface area contributed by atoms with Crippen molar-refractivity contribution in [2.75, 3.05) is 0 Å². The first-order chi connectivity index (χ1) is 7.68. The first-order valence-corrected chi connectivity index (χ1v) is 5.04. The molecule has 0 aliphatic carbocycles. The smallest absolute Gasteiger partial charge is 0.195 e. The van der Waals surface area contributed by atoms with Gasteiger partial charge in [0.25, 0.3) is 0 Å². The van der Waals surface area contributed by atoms with Crippen LogP contribution in [0.5, 0.6) is 0 Å². The van der Waals surface area contributed by atoms with Crippen molar-refractivity contribution < 1.29 is 9.18 Å². The van der Waals surface area contributed by atoms with E-state index in [4.69, 9.17) is 0 Å². The molecule has 0 N–H and O–H groups in total. The predicted octanol–water partition coefficient (Wildman–Crippen LogP) is 3.37. The molecular formula is C14H11FO. The third-order valence-corrected chi connectivity index (χ3v) is 2.40. The fourth-order valence-corrected chi connectivity index (χ4v) is 1.56. The van der Waals surface area contributed by atoms with E-state index in [1.807, 2.05) is 13.0 Å². The van der Waals surface area contributed by atoms with E-state index < -0.39 is 5.82 Å². The Kier molecular flexibility index (Phi) is 2.82. The molecule has 0 radical (unpaired) electrons. The maximum atomic E-state index is 13.5. The molecule has 0 spiro atoms. The summed E-state index contributed by atoms with van der Waals surface area (Å²) in [6.07, 6.45) is 0. The van der Waals surface area contributed by atoms with Crippen molar-refractivity contribution in [3.63, 3.8) is 0 Å². The van der Waals surface area contributed by atoms with Gasteiger partial charge in [-0.2, -0.15) is 0 Å². The highest BCUT2D eigenvalue weighted by Gasteiger charge is 2.13. The van der Waals surface area contributed by atoms with Gasteiger partial charge in [-0.1, -0.05) is 42.0 Å². The lowest BCUT2D eigenvalue weighted by atomic mass is 10.0. The average molecular weight is 214 g/mol. The third kappa shape index (κ3) is 2.01. The monoisotopic (exact) mass is 214 g/mol. The number of carbonyl (C=O) groups excluding carboxylic acids is 1. The summed E-state index contributed by atoms with van der Waals surface area (Å²) >= 11 is 0. The molecule has 0 saturated heterocycles. The highest BCUT2D eigenvalue weighted by Crippen LogP contribution is 2.15. The lowest BCUT2D eigenvalue weighted by molar-refractivity contribution is 0.103. The second-order valence-electron chi connectivity index (χ2n) is 3.68. The highest BCUT2D eigenvalue weighted by atomic mass is 19.1. The lowest BCUT2D eigenvalue weighted by Gasteiger charge is -2.03. The van der Waals surface area contributed by atoms with Crippen molar-refractivity contribution in [1.29, 1.82) is 0 Å². The molecule has 0 heterocycles. The average Bonchev–Trinajstić information content (AvgIpc) is 2.32. The zero-order chi connectivity index (χ0) is 11.5. The van der Waals surface area contributed by atoms with Crippen LogP contribution in [0.1, 0.15) is 21.5 Å². The van der Waals surface area contributed by atoms with Crippen molar-refractivity contribution in [2.24, 2.45) is 0 Å². The molecule has 0 aliphatic rings. The number of halogens is 1. The second-order valence-corrected chi connectivity index (χ2v) is 3.68. The molecule has 0 atom stereocenters. The van der Waals surface area contributed by atoms with E-state index in [1.165, 1.54) is 6.07 Å². The first kappa shape index (κ1) is 10.6. The summed E-state index contributed by atoms with van der Waals surface area (Å²) in [6, 6.07) is 13.3. The van der Waals surface area contributed by atoms with Gasteiger partial charge in [-0.3, -0.25) is 4.79 Å². The largest absolute Gasteiger partial charge is 0.288 e. The van der Waals surface area contributed by atoms with Gasteiger partial charge in [-0.15, -0.1) is 0 Å². The third-order valence-electron chi connectivity index (χ3n) is 2.40. The normalized spacial score (nSPS) is 10.1. The topological polar surface area (TPSA) is 17.1 Å². The Morgan fingerprint density at radius 3 is 2.44 bits per heavy atom. The van der Waals surface area contributed by atoms with Crippen molar-refractivity contribution in [1.82, 2.24) is 0 Å². The van der Waals surface area contributed by atoms with E-state index in [2.05, 4.69) is 0 Å². The number of hydrogen-bond donors (Lipinski definition) is 0. The van der Waals surface area contributed by atoms with E-state index in [1.54, 1.807) is 36.4 Å². The molecule has 0 aliphatic heterocycles. The van der Waals surface area contributed by atoms with Crippen LogP contribution in [0.25, 0.3) is 0 Å². The summed E-state index contributed by atoms with van der Waals surface area (Å²) < 4.78 is 13.5. The Morgan fingerprint density at radius 1 is 1.06 bits per heavy atom. The van der Waals surface area contributed by atoms with Gasteiger partial charge in [0.05, 0.1) is 5.56 Å². The van der Waals surface area contributed by atoms with Gasteiger partial charge in [-0.25, -0.2) is 4.39 Å². The molecule has 0 saturated carbocycles. The molecular weight excluding hydrogens is 203 g/mol. The highest BCUT2D eigenvalue weighted by molar-refractivity contribution is 6.09. The number of carbonyl (C=O) groups is 1. The molecule has 0 bridgehead atoms. The standard InChI is InChI=1S/C14H11FO/c1-10-7-8-13(15)12(9-10)14(16)11-5-3-2-4-6-11/h2-9H,1H3. The van der Waals surface area contributed by atoms with E-state index in [9.17, 15) is 9.18 Å². The van der Waals surface area contributed by atoms with Gasteiger partial charge in [0.15, 0.2) is 5.78 Å². The fraction of sp³-hybridized carbons (Fsp3) is 0.0714. The van der Waals surface area contributed by atoms with E-state index in [0.717, 1.165) is 5.56 Å². The molecule has 0 fully saturated rings. The minimum atomic E-state index is -0.473.